The summed E-state index contributed by atoms with van der Waals surface area (Å²) in [6, 6.07) is 25.4. The third-order valence-corrected chi connectivity index (χ3v) is 7.49. The van der Waals surface area contributed by atoms with Crippen LogP contribution in [0.2, 0.25) is 0 Å². The fourth-order valence-corrected chi connectivity index (χ4v) is 5.10. The number of aryl methyl sites for hydroxylation is 1. The lowest BCUT2D eigenvalue weighted by molar-refractivity contribution is -0.139. The third-order valence-electron chi connectivity index (χ3n) is 7.49. The number of halogens is 1. The molecule has 9 heteroatoms. The number of fused-ring (bicyclic) bond motifs is 1. The Hall–Kier alpha value is -5.31. The zero-order valence-electron chi connectivity index (χ0n) is 24.1. The van der Waals surface area contributed by atoms with E-state index < -0.39 is 41.9 Å². The maximum absolute atomic E-state index is 14.2. The molecule has 1 aliphatic rings. The van der Waals surface area contributed by atoms with Crippen molar-refractivity contribution in [2.75, 3.05) is 35.8 Å². The van der Waals surface area contributed by atoms with E-state index in [1.165, 1.54) is 29.2 Å². The number of nitrogens with one attached hydrogen (secondary N) is 1. The van der Waals surface area contributed by atoms with Gasteiger partial charge in [0.15, 0.2) is 0 Å². The Kier molecular flexibility index (Phi) is 8.34. The van der Waals surface area contributed by atoms with Crippen LogP contribution in [-0.2, 0) is 20.9 Å². The van der Waals surface area contributed by atoms with Crippen LogP contribution in [0, 0.1) is 12.7 Å². The molecule has 4 aromatic carbocycles. The van der Waals surface area contributed by atoms with E-state index in [4.69, 9.17) is 0 Å². The summed E-state index contributed by atoms with van der Waals surface area (Å²) in [7, 11) is 3.81. The Balaban J connectivity index is 1.55. The average molecular weight is 579 g/mol. The molecule has 0 radical (unpaired) electrons. The molecule has 0 unspecified atom stereocenters. The van der Waals surface area contributed by atoms with Gasteiger partial charge < -0.3 is 15.1 Å². The van der Waals surface area contributed by atoms with Crippen LogP contribution in [-0.4, -0.2) is 49.0 Å². The molecule has 0 saturated carbocycles. The molecule has 218 valence electrons. The van der Waals surface area contributed by atoms with Crippen LogP contribution in [0.4, 0.5) is 21.5 Å². The second-order valence-electron chi connectivity index (χ2n) is 10.6. The number of hydrogen-bond acceptors (Lipinski definition) is 5. The number of para-hydroxylation sites is 1. The highest BCUT2D eigenvalue weighted by Gasteiger charge is 2.39. The second-order valence-corrected chi connectivity index (χ2v) is 10.6. The fraction of sp³-hybridized carbons (Fsp3) is 0.176. The molecule has 8 nitrogen and oxygen atoms in total. The summed E-state index contributed by atoms with van der Waals surface area (Å²) >= 11 is 0. The molecule has 1 atom stereocenters. The number of carbonyl (C=O) groups is 4. The van der Waals surface area contributed by atoms with Crippen molar-refractivity contribution in [3.63, 3.8) is 0 Å². The monoisotopic (exact) mass is 578 g/mol. The third kappa shape index (κ3) is 6.16. The smallest absolute Gasteiger partial charge is 0.299 e. The second kappa shape index (κ2) is 12.3. The number of benzene rings is 4. The molecule has 5 rings (SSSR count). The van der Waals surface area contributed by atoms with Gasteiger partial charge in [0.2, 0.25) is 5.91 Å². The molecule has 0 bridgehead atoms. The Bertz CT molecular complexity index is 1690. The summed E-state index contributed by atoms with van der Waals surface area (Å²) in [6.45, 7) is 1.46. The largest absolute Gasteiger partial charge is 0.378 e. The molecule has 1 N–H and O–H groups in total. The van der Waals surface area contributed by atoms with Crippen molar-refractivity contribution in [3.8, 4) is 0 Å². The van der Waals surface area contributed by atoms with Crippen molar-refractivity contribution >= 4 is 40.6 Å². The van der Waals surface area contributed by atoms with Gasteiger partial charge in [-0.05, 0) is 72.1 Å². The molecule has 0 aromatic heterocycles. The molecule has 3 amide bonds. The van der Waals surface area contributed by atoms with E-state index in [1.54, 1.807) is 36.4 Å². The van der Waals surface area contributed by atoms with Crippen molar-refractivity contribution in [1.29, 1.82) is 0 Å². The maximum atomic E-state index is 14.2. The molecule has 1 aliphatic heterocycles. The lowest BCUT2D eigenvalue weighted by atomic mass is 10.0. The van der Waals surface area contributed by atoms with Crippen LogP contribution in [0.1, 0.15) is 33.1 Å². The zero-order valence-corrected chi connectivity index (χ0v) is 24.1. The van der Waals surface area contributed by atoms with Crippen molar-refractivity contribution in [1.82, 2.24) is 4.90 Å². The Morgan fingerprint density at radius 3 is 2.19 bits per heavy atom. The summed E-state index contributed by atoms with van der Waals surface area (Å²) in [6.07, 6.45) is 0. The minimum Gasteiger partial charge on any atom is -0.378 e. The Morgan fingerprint density at radius 1 is 0.860 bits per heavy atom. The van der Waals surface area contributed by atoms with E-state index in [0.29, 0.717) is 16.9 Å². The van der Waals surface area contributed by atoms with Crippen molar-refractivity contribution in [2.45, 2.75) is 19.5 Å². The highest BCUT2D eigenvalue weighted by Crippen LogP contribution is 2.31. The minimum absolute atomic E-state index is 0.0260. The Labute approximate surface area is 249 Å². The van der Waals surface area contributed by atoms with E-state index in [0.717, 1.165) is 21.7 Å². The van der Waals surface area contributed by atoms with Gasteiger partial charge in [0.1, 0.15) is 18.4 Å². The van der Waals surface area contributed by atoms with E-state index >= 15 is 0 Å². The Morgan fingerprint density at radius 2 is 1.51 bits per heavy atom. The first-order valence-corrected chi connectivity index (χ1v) is 13.8. The number of hydrogen-bond donors (Lipinski definition) is 1. The molecule has 0 spiro atoms. The topological polar surface area (TPSA) is 90.0 Å². The van der Waals surface area contributed by atoms with Gasteiger partial charge in [0, 0.05) is 32.0 Å². The lowest BCUT2D eigenvalue weighted by Gasteiger charge is -2.33. The summed E-state index contributed by atoms with van der Waals surface area (Å²) < 4.78 is 14.0. The first kappa shape index (κ1) is 29.2. The van der Waals surface area contributed by atoms with E-state index in [1.807, 2.05) is 62.3 Å². The van der Waals surface area contributed by atoms with Crippen LogP contribution in [0.15, 0.2) is 97.1 Å². The molecule has 4 aromatic rings. The number of amides is 3. The van der Waals surface area contributed by atoms with Gasteiger partial charge in [-0.15, -0.1) is 0 Å². The van der Waals surface area contributed by atoms with Crippen LogP contribution >= 0.6 is 0 Å². The van der Waals surface area contributed by atoms with E-state index in [-0.39, 0.29) is 12.1 Å². The molecular weight excluding hydrogens is 547 g/mol. The fourth-order valence-electron chi connectivity index (χ4n) is 5.10. The van der Waals surface area contributed by atoms with Crippen molar-refractivity contribution in [3.05, 3.63) is 125 Å². The summed E-state index contributed by atoms with van der Waals surface area (Å²) in [5.74, 6) is -3.07. The van der Waals surface area contributed by atoms with E-state index in [9.17, 15) is 23.6 Å². The predicted molar refractivity (Wildman–Crippen MR) is 163 cm³/mol. The first-order valence-electron chi connectivity index (χ1n) is 13.8. The molecule has 0 saturated heterocycles. The van der Waals surface area contributed by atoms with Gasteiger partial charge in [0.05, 0.1) is 11.3 Å². The molecular formula is C34H31FN4O4. The summed E-state index contributed by atoms with van der Waals surface area (Å²) in [5, 5.41) is 2.90. The first-order chi connectivity index (χ1) is 20.6. The van der Waals surface area contributed by atoms with Gasteiger partial charge in [-0.25, -0.2) is 4.39 Å². The predicted octanol–water partition coefficient (Wildman–Crippen LogP) is 5.14. The molecule has 43 heavy (non-hydrogen) atoms. The van der Waals surface area contributed by atoms with Crippen LogP contribution in [0.5, 0.6) is 0 Å². The molecule has 0 aliphatic carbocycles. The summed E-state index contributed by atoms with van der Waals surface area (Å²) in [5.41, 5.74) is 4.08. The lowest BCUT2D eigenvalue weighted by Crippen LogP contribution is -2.46. The number of nitrogens with zero attached hydrogens (tertiary/aromatic N) is 3. The van der Waals surface area contributed by atoms with Gasteiger partial charge in [-0.3, -0.25) is 24.1 Å². The standard InChI is InChI=1S/C34H31FN4O4/c1-22-8-4-5-9-24(22)20-39(30(40)21-38-29-11-7-6-10-28(29)32(41)34(38)43)31(23-12-14-25(35)15-13-23)33(42)36-26-16-18-27(19-17-26)37(2)3/h4-19,31H,20-21H2,1-3H3,(H,36,42)/t31-/m0/s1. The van der Waals surface area contributed by atoms with Crippen molar-refractivity contribution < 1.29 is 23.6 Å². The van der Waals surface area contributed by atoms with Crippen LogP contribution in [0.25, 0.3) is 0 Å². The van der Waals surface area contributed by atoms with E-state index in [2.05, 4.69) is 5.32 Å². The zero-order chi connectivity index (χ0) is 30.7. The summed E-state index contributed by atoms with van der Waals surface area (Å²) in [4.78, 5) is 58.3. The number of ketones is 1. The van der Waals surface area contributed by atoms with Crippen LogP contribution < -0.4 is 15.1 Å². The van der Waals surface area contributed by atoms with Gasteiger partial charge in [-0.1, -0.05) is 48.5 Å². The average Bonchev–Trinajstić information content (AvgIpc) is 3.23. The number of anilines is 3. The van der Waals surface area contributed by atoms with Gasteiger partial charge in [0.25, 0.3) is 17.6 Å². The highest BCUT2D eigenvalue weighted by atomic mass is 19.1. The quantitative estimate of drug-likeness (QED) is 0.278. The molecule has 0 fully saturated rings. The minimum atomic E-state index is -1.19. The van der Waals surface area contributed by atoms with Gasteiger partial charge in [-0.2, -0.15) is 0 Å². The normalized spacial score (nSPS) is 13.0. The highest BCUT2D eigenvalue weighted by molar-refractivity contribution is 6.52. The number of rotatable bonds is 9. The number of carbonyl (C=O) groups excluding carboxylic acids is 4. The number of Topliss-reactive ketones (excluding diaryl/α,β-unsaturated/α-hetero) is 1. The van der Waals surface area contributed by atoms with Crippen molar-refractivity contribution in [2.24, 2.45) is 0 Å². The SMILES string of the molecule is Cc1ccccc1CN(C(=O)CN1C(=O)C(=O)c2ccccc21)[C@H](C(=O)Nc1ccc(N(C)C)cc1)c1ccc(F)cc1. The van der Waals surface area contributed by atoms with Crippen LogP contribution in [0.3, 0.4) is 0 Å². The van der Waals surface area contributed by atoms with Gasteiger partial charge >= 0.3 is 0 Å². The molecule has 1 heterocycles. The maximum Gasteiger partial charge on any atom is 0.299 e.